The molecule has 10 heteroatoms. The summed E-state index contributed by atoms with van der Waals surface area (Å²) in [5, 5.41) is 8.97. The van der Waals surface area contributed by atoms with Gasteiger partial charge in [-0.05, 0) is 29.7 Å². The molecule has 1 fully saturated rings. The number of hydrogen-bond donors (Lipinski definition) is 1. The zero-order valence-corrected chi connectivity index (χ0v) is 20.8. The van der Waals surface area contributed by atoms with Crippen LogP contribution in [-0.2, 0) is 11.0 Å². The zero-order valence-electron chi connectivity index (χ0n) is 20.0. The van der Waals surface area contributed by atoms with Gasteiger partial charge in [0.1, 0.15) is 12.1 Å². The Hall–Kier alpha value is -3.11. The fourth-order valence-corrected chi connectivity index (χ4v) is 5.40. The Morgan fingerprint density at radius 1 is 1.03 bits per heavy atom. The molecule has 0 saturated carbocycles. The lowest BCUT2D eigenvalue weighted by atomic mass is 10.0. The molecule has 1 saturated heterocycles. The van der Waals surface area contributed by atoms with Gasteiger partial charge in [-0.1, -0.05) is 49.9 Å². The molecule has 2 heterocycles. The largest absolute Gasteiger partial charge is 0.480 e. The van der Waals surface area contributed by atoms with Crippen molar-refractivity contribution in [3.63, 3.8) is 0 Å². The summed E-state index contributed by atoms with van der Waals surface area (Å²) in [5.41, 5.74) is 1.06. The van der Waals surface area contributed by atoms with Gasteiger partial charge in [-0.25, -0.2) is 9.97 Å². The number of piperazine rings is 1. The van der Waals surface area contributed by atoms with Crippen LogP contribution in [0.15, 0.2) is 64.6 Å². The van der Waals surface area contributed by atoms with Crippen LogP contribution in [0.3, 0.4) is 0 Å². The van der Waals surface area contributed by atoms with Crippen molar-refractivity contribution in [1.29, 1.82) is 0 Å². The molecule has 0 unspecified atom stereocenters. The van der Waals surface area contributed by atoms with Gasteiger partial charge in [-0.3, -0.25) is 9.69 Å². The van der Waals surface area contributed by atoms with E-state index >= 15 is 0 Å². The number of aromatic nitrogens is 2. The van der Waals surface area contributed by atoms with Crippen LogP contribution in [0.5, 0.6) is 0 Å². The average Bonchev–Trinajstić information content (AvgIpc) is 2.84. The van der Waals surface area contributed by atoms with Gasteiger partial charge in [0.25, 0.3) is 0 Å². The number of carbonyl (C=O) groups is 1. The van der Waals surface area contributed by atoms with Gasteiger partial charge < -0.3 is 10.0 Å². The summed E-state index contributed by atoms with van der Waals surface area (Å²) in [6.07, 6.45) is -3.18. The van der Waals surface area contributed by atoms with E-state index in [0.717, 1.165) is 28.3 Å². The van der Waals surface area contributed by atoms with E-state index in [1.165, 1.54) is 12.4 Å². The Labute approximate surface area is 212 Å². The lowest BCUT2D eigenvalue weighted by Gasteiger charge is -2.34. The summed E-state index contributed by atoms with van der Waals surface area (Å²) < 4.78 is 42.3. The normalized spacial score (nSPS) is 14.9. The van der Waals surface area contributed by atoms with E-state index in [4.69, 9.17) is 5.11 Å². The quantitative estimate of drug-likeness (QED) is 0.436. The van der Waals surface area contributed by atoms with Gasteiger partial charge in [0.15, 0.2) is 0 Å². The molecule has 6 nitrogen and oxygen atoms in total. The molecule has 0 aliphatic carbocycles. The molecule has 1 aliphatic heterocycles. The standard InChI is InChI=1S/C26H27F3N4O2S/c1-17(2)19-5-3-4-6-22(19)36-23-8-7-18(13-20(23)26(27,28)29)21-14-24(31-16-30-21)33-11-9-32(10-12-33)15-25(34)35/h3-8,13-14,16-17H,9-12,15H2,1-2H3,(H,34,35). The molecule has 1 N–H and O–H groups in total. The first-order valence-corrected chi connectivity index (χ1v) is 12.4. The predicted molar refractivity (Wildman–Crippen MR) is 133 cm³/mol. The van der Waals surface area contributed by atoms with Crippen molar-refractivity contribution in [1.82, 2.24) is 14.9 Å². The third-order valence-corrected chi connectivity index (χ3v) is 7.22. The van der Waals surface area contributed by atoms with Crippen molar-refractivity contribution in [3.05, 3.63) is 66.0 Å². The van der Waals surface area contributed by atoms with E-state index in [0.29, 0.717) is 43.3 Å². The van der Waals surface area contributed by atoms with Gasteiger partial charge in [-0.15, -0.1) is 0 Å². The maximum atomic E-state index is 14.1. The monoisotopic (exact) mass is 516 g/mol. The molecule has 1 aromatic heterocycles. The van der Waals surface area contributed by atoms with Gasteiger partial charge in [0.05, 0.1) is 17.8 Å². The molecule has 0 amide bonds. The van der Waals surface area contributed by atoms with Crippen LogP contribution >= 0.6 is 11.8 Å². The molecule has 0 bridgehead atoms. The number of aliphatic carboxylic acids is 1. The van der Waals surface area contributed by atoms with E-state index in [9.17, 15) is 18.0 Å². The second-order valence-electron chi connectivity index (χ2n) is 8.92. The molecular weight excluding hydrogens is 489 g/mol. The number of carboxylic acids is 1. The highest BCUT2D eigenvalue weighted by atomic mass is 32.2. The number of halogens is 3. The third-order valence-electron chi connectivity index (χ3n) is 6.05. The summed E-state index contributed by atoms with van der Waals surface area (Å²) >= 11 is 1.12. The lowest BCUT2D eigenvalue weighted by molar-refractivity contribution is -0.140. The number of nitrogens with zero attached hydrogens (tertiary/aromatic N) is 4. The highest BCUT2D eigenvalue weighted by Crippen LogP contribution is 2.43. The smallest absolute Gasteiger partial charge is 0.417 e. The van der Waals surface area contributed by atoms with Gasteiger partial charge in [0, 0.05) is 47.6 Å². The number of rotatable bonds is 7. The second kappa shape index (κ2) is 10.9. The molecule has 1 aliphatic rings. The van der Waals surface area contributed by atoms with Crippen LogP contribution in [-0.4, -0.2) is 58.7 Å². The highest BCUT2D eigenvalue weighted by Gasteiger charge is 2.34. The van der Waals surface area contributed by atoms with E-state index in [-0.39, 0.29) is 17.4 Å². The molecule has 0 atom stereocenters. The van der Waals surface area contributed by atoms with E-state index in [2.05, 4.69) is 9.97 Å². The number of anilines is 1. The molecule has 2 aromatic carbocycles. The summed E-state index contributed by atoms with van der Waals surface area (Å²) in [5.74, 6) is -0.0804. The molecular formula is C26H27F3N4O2S. The Morgan fingerprint density at radius 3 is 2.42 bits per heavy atom. The Balaban J connectivity index is 1.60. The van der Waals surface area contributed by atoms with Crippen LogP contribution in [0.4, 0.5) is 19.0 Å². The van der Waals surface area contributed by atoms with Crippen LogP contribution in [0.2, 0.25) is 0 Å². The van der Waals surface area contributed by atoms with Gasteiger partial charge in [-0.2, -0.15) is 13.2 Å². The molecule has 4 rings (SSSR count). The van der Waals surface area contributed by atoms with Gasteiger partial charge in [0.2, 0.25) is 0 Å². The summed E-state index contributed by atoms with van der Waals surface area (Å²) in [4.78, 5) is 24.2. The second-order valence-corrected chi connectivity index (χ2v) is 10.0. The van der Waals surface area contributed by atoms with Crippen LogP contribution < -0.4 is 4.90 Å². The Bertz CT molecular complexity index is 1230. The van der Waals surface area contributed by atoms with E-state index in [1.807, 2.05) is 47.9 Å². The number of benzene rings is 2. The first kappa shape index (κ1) is 26.0. The first-order valence-electron chi connectivity index (χ1n) is 11.6. The molecule has 0 spiro atoms. The summed E-state index contributed by atoms with van der Waals surface area (Å²) in [6.45, 7) is 6.29. The summed E-state index contributed by atoms with van der Waals surface area (Å²) in [6, 6.07) is 13.5. The van der Waals surface area contributed by atoms with Crippen molar-refractivity contribution < 1.29 is 23.1 Å². The summed E-state index contributed by atoms with van der Waals surface area (Å²) in [7, 11) is 0. The lowest BCUT2D eigenvalue weighted by Crippen LogP contribution is -2.48. The number of carboxylic acid groups (broad SMARTS) is 1. The number of hydrogen-bond acceptors (Lipinski definition) is 6. The van der Waals surface area contributed by atoms with Crippen LogP contribution in [0, 0.1) is 0 Å². The average molecular weight is 517 g/mol. The van der Waals surface area contributed by atoms with Crippen molar-refractivity contribution in [2.45, 2.75) is 35.7 Å². The maximum absolute atomic E-state index is 14.1. The Morgan fingerprint density at radius 2 is 1.75 bits per heavy atom. The van der Waals surface area contributed by atoms with E-state index < -0.39 is 17.7 Å². The first-order chi connectivity index (χ1) is 17.1. The van der Waals surface area contributed by atoms with E-state index in [1.54, 1.807) is 12.1 Å². The minimum atomic E-state index is -4.53. The van der Waals surface area contributed by atoms with Crippen molar-refractivity contribution in [2.24, 2.45) is 0 Å². The molecule has 190 valence electrons. The van der Waals surface area contributed by atoms with Crippen molar-refractivity contribution >= 4 is 23.5 Å². The molecule has 3 aromatic rings. The van der Waals surface area contributed by atoms with Crippen molar-refractivity contribution in [3.8, 4) is 11.3 Å². The minimum absolute atomic E-state index is 0.0188. The molecule has 36 heavy (non-hydrogen) atoms. The minimum Gasteiger partial charge on any atom is -0.480 e. The van der Waals surface area contributed by atoms with Gasteiger partial charge >= 0.3 is 12.1 Å². The van der Waals surface area contributed by atoms with Crippen LogP contribution in [0.25, 0.3) is 11.3 Å². The Kier molecular flexibility index (Phi) is 7.85. The molecule has 0 radical (unpaired) electrons. The SMILES string of the molecule is CC(C)c1ccccc1Sc1ccc(-c2cc(N3CCN(CC(=O)O)CC3)ncn2)cc1C(F)(F)F. The maximum Gasteiger partial charge on any atom is 0.417 e. The topological polar surface area (TPSA) is 69.6 Å². The fourth-order valence-electron chi connectivity index (χ4n) is 4.17. The fraction of sp³-hybridized carbons (Fsp3) is 0.346. The highest BCUT2D eigenvalue weighted by molar-refractivity contribution is 7.99. The zero-order chi connectivity index (χ0) is 25.9. The van der Waals surface area contributed by atoms with Crippen LogP contribution in [0.1, 0.15) is 30.9 Å². The predicted octanol–water partition coefficient (Wildman–Crippen LogP) is 5.64. The third kappa shape index (κ3) is 6.17. The van der Waals surface area contributed by atoms with Crippen molar-refractivity contribution in [2.75, 3.05) is 37.6 Å². The number of alkyl halides is 3.